The van der Waals surface area contributed by atoms with Crippen molar-refractivity contribution in [3.05, 3.63) is 133 Å². The van der Waals surface area contributed by atoms with Crippen LogP contribution in [0.2, 0.25) is 0 Å². The molecule has 0 aliphatic heterocycles. The third kappa shape index (κ3) is 3.35. The molecule has 0 amide bonds. The predicted octanol–water partition coefficient (Wildman–Crippen LogP) is 8.76. The molecule has 0 aliphatic rings. The van der Waals surface area contributed by atoms with Crippen LogP contribution in [-0.4, -0.2) is 4.57 Å². The third-order valence-corrected chi connectivity index (χ3v) is 6.37. The second kappa shape index (κ2) is 7.96. The molecule has 33 heavy (non-hydrogen) atoms. The van der Waals surface area contributed by atoms with E-state index in [1.165, 1.54) is 44.1 Å². The third-order valence-electron chi connectivity index (χ3n) is 6.37. The number of aromatic nitrogens is 1. The average Bonchev–Trinajstić information content (AvgIpc) is 3.23. The van der Waals surface area contributed by atoms with Gasteiger partial charge in [0.1, 0.15) is 0 Å². The molecule has 6 rings (SSSR count). The summed E-state index contributed by atoms with van der Waals surface area (Å²) in [6, 6.07) is 43.4. The van der Waals surface area contributed by atoms with Gasteiger partial charge >= 0.3 is 0 Å². The van der Waals surface area contributed by atoms with Crippen LogP contribution in [0.5, 0.6) is 0 Å². The van der Waals surface area contributed by atoms with Crippen molar-refractivity contribution in [2.45, 2.75) is 0 Å². The quantitative estimate of drug-likeness (QED) is 0.268. The Morgan fingerprint density at radius 2 is 0.970 bits per heavy atom. The molecule has 1 aromatic heterocycles. The number of hydrogen-bond acceptors (Lipinski definition) is 0. The first-order chi connectivity index (χ1) is 16.3. The fourth-order valence-electron chi connectivity index (χ4n) is 4.68. The van der Waals surface area contributed by atoms with Crippen molar-refractivity contribution >= 4 is 27.9 Å². The molecule has 156 valence electrons. The van der Waals surface area contributed by atoms with Gasteiger partial charge in [-0.3, -0.25) is 0 Å². The maximum atomic E-state index is 3.89. The Labute approximate surface area is 193 Å². The first-order valence-corrected chi connectivity index (χ1v) is 11.2. The molecular weight excluding hydrogens is 398 g/mol. The van der Waals surface area contributed by atoms with Crippen LogP contribution in [0.1, 0.15) is 5.56 Å². The topological polar surface area (TPSA) is 4.93 Å². The van der Waals surface area contributed by atoms with Crippen molar-refractivity contribution in [1.29, 1.82) is 0 Å². The van der Waals surface area contributed by atoms with Crippen LogP contribution in [0.25, 0.3) is 55.8 Å². The van der Waals surface area contributed by atoms with Crippen molar-refractivity contribution < 1.29 is 0 Å². The van der Waals surface area contributed by atoms with E-state index in [1.54, 1.807) is 0 Å². The highest BCUT2D eigenvalue weighted by Crippen LogP contribution is 2.37. The molecular formula is C32H23N. The lowest BCUT2D eigenvalue weighted by molar-refractivity contribution is 1.18. The highest BCUT2D eigenvalue weighted by molar-refractivity contribution is 6.11. The summed E-state index contributed by atoms with van der Waals surface area (Å²) in [6.45, 7) is 3.89. The van der Waals surface area contributed by atoms with E-state index in [-0.39, 0.29) is 0 Å². The summed E-state index contributed by atoms with van der Waals surface area (Å²) in [5.74, 6) is 0. The largest absolute Gasteiger partial charge is 0.309 e. The van der Waals surface area contributed by atoms with Gasteiger partial charge in [-0.1, -0.05) is 97.6 Å². The summed E-state index contributed by atoms with van der Waals surface area (Å²) >= 11 is 0. The Hall–Kier alpha value is -4.36. The van der Waals surface area contributed by atoms with E-state index in [9.17, 15) is 0 Å². The standard InChI is InChI=1S/C32H23N/c1-2-23-13-17-28(18-14-23)33-31-19-15-26(24-9-5-3-6-10-24)21-29(31)30-22-27(16-20-32(30)33)25-11-7-4-8-12-25/h2-22H,1H2. The molecule has 6 aromatic rings. The maximum Gasteiger partial charge on any atom is 0.0541 e. The van der Waals surface area contributed by atoms with Gasteiger partial charge in [-0.15, -0.1) is 0 Å². The molecule has 0 saturated heterocycles. The molecule has 1 heteroatoms. The van der Waals surface area contributed by atoms with Gasteiger partial charge in [-0.25, -0.2) is 0 Å². The smallest absolute Gasteiger partial charge is 0.0541 e. The van der Waals surface area contributed by atoms with E-state index in [0.29, 0.717) is 0 Å². The van der Waals surface area contributed by atoms with Crippen LogP contribution in [0.15, 0.2) is 128 Å². The lowest BCUT2D eigenvalue weighted by Crippen LogP contribution is -1.93. The second-order valence-corrected chi connectivity index (χ2v) is 8.33. The van der Waals surface area contributed by atoms with Crippen LogP contribution < -0.4 is 0 Å². The minimum Gasteiger partial charge on any atom is -0.309 e. The normalized spacial score (nSPS) is 11.2. The minimum absolute atomic E-state index is 1.12. The number of rotatable bonds is 4. The van der Waals surface area contributed by atoms with Crippen LogP contribution >= 0.6 is 0 Å². The van der Waals surface area contributed by atoms with Gasteiger partial charge in [0.05, 0.1) is 11.0 Å². The molecule has 0 saturated carbocycles. The van der Waals surface area contributed by atoms with Crippen molar-refractivity contribution in [3.8, 4) is 27.9 Å². The molecule has 0 unspecified atom stereocenters. The molecule has 1 nitrogen and oxygen atoms in total. The molecule has 0 atom stereocenters. The minimum atomic E-state index is 1.12. The fourth-order valence-corrected chi connectivity index (χ4v) is 4.68. The summed E-state index contributed by atoms with van der Waals surface area (Å²) in [4.78, 5) is 0. The highest BCUT2D eigenvalue weighted by atomic mass is 15.0. The van der Waals surface area contributed by atoms with Gasteiger partial charge < -0.3 is 4.57 Å². The lowest BCUT2D eigenvalue weighted by Gasteiger charge is -2.09. The van der Waals surface area contributed by atoms with E-state index in [1.807, 2.05) is 6.08 Å². The Bertz CT molecular complexity index is 1490. The van der Waals surface area contributed by atoms with Gasteiger partial charge in [0, 0.05) is 16.5 Å². The van der Waals surface area contributed by atoms with Gasteiger partial charge in [0.25, 0.3) is 0 Å². The van der Waals surface area contributed by atoms with Crippen molar-refractivity contribution in [2.24, 2.45) is 0 Å². The molecule has 0 bridgehead atoms. The zero-order valence-corrected chi connectivity index (χ0v) is 18.3. The second-order valence-electron chi connectivity index (χ2n) is 8.33. The molecule has 0 spiro atoms. The highest BCUT2D eigenvalue weighted by Gasteiger charge is 2.14. The fraction of sp³-hybridized carbons (Fsp3) is 0. The summed E-state index contributed by atoms with van der Waals surface area (Å²) in [6.07, 6.45) is 1.88. The Morgan fingerprint density at radius 1 is 0.485 bits per heavy atom. The summed E-state index contributed by atoms with van der Waals surface area (Å²) in [5, 5.41) is 2.52. The molecule has 0 aliphatic carbocycles. The first-order valence-electron chi connectivity index (χ1n) is 11.2. The van der Waals surface area contributed by atoms with E-state index >= 15 is 0 Å². The molecule has 0 fully saturated rings. The van der Waals surface area contributed by atoms with Crippen molar-refractivity contribution in [3.63, 3.8) is 0 Å². The van der Waals surface area contributed by atoms with Crippen LogP contribution in [0.3, 0.4) is 0 Å². The lowest BCUT2D eigenvalue weighted by atomic mass is 10.0. The van der Waals surface area contributed by atoms with Gasteiger partial charge in [0.2, 0.25) is 0 Å². The molecule has 0 radical (unpaired) electrons. The van der Waals surface area contributed by atoms with Crippen LogP contribution in [-0.2, 0) is 0 Å². The average molecular weight is 422 g/mol. The zero-order valence-electron chi connectivity index (χ0n) is 18.3. The zero-order chi connectivity index (χ0) is 22.2. The van der Waals surface area contributed by atoms with E-state index < -0.39 is 0 Å². The molecule has 0 N–H and O–H groups in total. The summed E-state index contributed by atoms with van der Waals surface area (Å²) in [7, 11) is 0. The van der Waals surface area contributed by atoms with Gasteiger partial charge in [0.15, 0.2) is 0 Å². The van der Waals surface area contributed by atoms with Crippen molar-refractivity contribution in [2.75, 3.05) is 0 Å². The van der Waals surface area contributed by atoms with Gasteiger partial charge in [-0.2, -0.15) is 0 Å². The number of benzene rings is 5. The van der Waals surface area contributed by atoms with Crippen molar-refractivity contribution in [1.82, 2.24) is 4.57 Å². The number of fused-ring (bicyclic) bond motifs is 3. The van der Waals surface area contributed by atoms with Crippen LogP contribution in [0.4, 0.5) is 0 Å². The monoisotopic (exact) mass is 421 g/mol. The van der Waals surface area contributed by atoms with Crippen LogP contribution in [0, 0.1) is 0 Å². The first kappa shape index (κ1) is 19.3. The number of hydrogen-bond donors (Lipinski definition) is 0. The summed E-state index contributed by atoms with van der Waals surface area (Å²) < 4.78 is 2.36. The number of nitrogens with zero attached hydrogens (tertiary/aromatic N) is 1. The summed E-state index contributed by atoms with van der Waals surface area (Å²) in [5.41, 5.74) is 9.62. The Balaban J connectivity index is 1.65. The predicted molar refractivity (Wildman–Crippen MR) is 142 cm³/mol. The van der Waals surface area contributed by atoms with E-state index in [0.717, 1.165) is 11.3 Å². The molecule has 1 heterocycles. The van der Waals surface area contributed by atoms with E-state index in [2.05, 4.69) is 132 Å². The maximum absolute atomic E-state index is 3.89. The van der Waals surface area contributed by atoms with Gasteiger partial charge in [-0.05, 0) is 64.2 Å². The molecule has 5 aromatic carbocycles. The Kier molecular flexibility index (Phi) is 4.66. The Morgan fingerprint density at radius 3 is 1.42 bits per heavy atom. The van der Waals surface area contributed by atoms with E-state index in [4.69, 9.17) is 0 Å². The SMILES string of the molecule is C=Cc1ccc(-n2c3ccc(-c4ccccc4)cc3c3cc(-c4ccccc4)ccc32)cc1.